The van der Waals surface area contributed by atoms with E-state index in [1.165, 1.54) is 12.8 Å². The maximum absolute atomic E-state index is 6.47. The van der Waals surface area contributed by atoms with Crippen molar-refractivity contribution in [1.29, 1.82) is 0 Å². The van der Waals surface area contributed by atoms with E-state index in [2.05, 4.69) is 57.0 Å². The molecule has 0 spiro atoms. The van der Waals surface area contributed by atoms with Crippen molar-refractivity contribution in [1.82, 2.24) is 4.90 Å². The fourth-order valence-corrected chi connectivity index (χ4v) is 4.23. The van der Waals surface area contributed by atoms with Gasteiger partial charge in [-0.15, -0.1) is 0 Å². The summed E-state index contributed by atoms with van der Waals surface area (Å²) in [5, 5.41) is 0.274. The first kappa shape index (κ1) is 19.5. The molecule has 1 aromatic rings. The second-order valence-corrected chi connectivity index (χ2v) is 13.7. The van der Waals surface area contributed by atoms with E-state index in [-0.39, 0.29) is 5.04 Å². The minimum Gasteiger partial charge on any atom is -0.454 e. The number of ether oxygens (including phenoxy) is 2. The largest absolute Gasteiger partial charge is 0.454 e. The maximum Gasteiger partial charge on any atom is 0.231 e. The maximum atomic E-state index is 6.47. The molecule has 0 saturated carbocycles. The summed E-state index contributed by atoms with van der Waals surface area (Å²) in [6, 6.07) is 6.64. The van der Waals surface area contributed by atoms with Crippen LogP contribution >= 0.6 is 0 Å². The van der Waals surface area contributed by atoms with Gasteiger partial charge in [0.2, 0.25) is 6.79 Å². The predicted molar refractivity (Wildman–Crippen MR) is 109 cm³/mol. The lowest BCUT2D eigenvalue weighted by molar-refractivity contribution is 0.173. The minimum atomic E-state index is -1.67. The number of nitrogens with zero attached hydrogens (tertiary/aromatic N) is 1. The Kier molecular flexibility index (Phi) is 5.80. The molecular weight excluding hydrogens is 342 g/mol. The average molecular weight is 376 g/mol. The van der Waals surface area contributed by atoms with Gasteiger partial charge in [0.1, 0.15) is 0 Å². The first-order valence-electron chi connectivity index (χ1n) is 9.70. The van der Waals surface area contributed by atoms with Gasteiger partial charge in [-0.25, -0.2) is 0 Å². The van der Waals surface area contributed by atoms with Gasteiger partial charge in [-0.05, 0) is 55.2 Å². The first-order valence-corrected chi connectivity index (χ1v) is 12.6. The van der Waals surface area contributed by atoms with E-state index in [1.807, 2.05) is 12.1 Å². The second-order valence-electron chi connectivity index (χ2n) is 8.88. The fraction of sp³-hybridized carbons (Fsp3) is 0.619. The van der Waals surface area contributed by atoms with Crippen LogP contribution in [0.3, 0.4) is 0 Å². The topological polar surface area (TPSA) is 30.9 Å². The van der Waals surface area contributed by atoms with Crippen LogP contribution in [0.5, 0.6) is 11.5 Å². The summed E-state index contributed by atoms with van der Waals surface area (Å²) >= 11 is 0. The van der Waals surface area contributed by atoms with Crippen molar-refractivity contribution in [3.8, 4) is 11.5 Å². The third-order valence-electron chi connectivity index (χ3n) is 5.99. The van der Waals surface area contributed by atoms with Gasteiger partial charge in [-0.2, -0.15) is 0 Å². The highest BCUT2D eigenvalue weighted by Gasteiger charge is 2.38. The predicted octanol–water partition coefficient (Wildman–Crippen LogP) is 4.91. The summed E-state index contributed by atoms with van der Waals surface area (Å²) in [7, 11) is -1.67. The van der Waals surface area contributed by atoms with E-state index < -0.39 is 8.32 Å². The highest BCUT2D eigenvalue weighted by molar-refractivity contribution is 6.74. The highest BCUT2D eigenvalue weighted by atomic mass is 28.4. The Morgan fingerprint density at radius 3 is 2.77 bits per heavy atom. The van der Waals surface area contributed by atoms with Gasteiger partial charge in [0.05, 0.1) is 0 Å². The first-order chi connectivity index (χ1) is 12.3. The summed E-state index contributed by atoms with van der Waals surface area (Å²) in [6.45, 7) is 14.9. The summed E-state index contributed by atoms with van der Waals surface area (Å²) < 4.78 is 17.3. The molecule has 0 aromatic heterocycles. The Balaban J connectivity index is 1.52. The lowest BCUT2D eigenvalue weighted by Gasteiger charge is -2.38. The van der Waals surface area contributed by atoms with E-state index in [9.17, 15) is 0 Å². The molecule has 5 heteroatoms. The molecule has 1 atom stereocenters. The molecule has 0 amide bonds. The molecule has 2 aliphatic heterocycles. The van der Waals surface area contributed by atoms with Crippen LogP contribution in [0.15, 0.2) is 24.3 Å². The lowest BCUT2D eigenvalue weighted by atomic mass is 10.2. The van der Waals surface area contributed by atoms with E-state index >= 15 is 0 Å². The number of benzene rings is 1. The molecule has 0 radical (unpaired) electrons. The third-order valence-corrected chi connectivity index (χ3v) is 10.5. The smallest absolute Gasteiger partial charge is 0.231 e. The molecule has 3 rings (SSSR count). The molecule has 1 aromatic carbocycles. The number of hydrogen-bond acceptors (Lipinski definition) is 4. The van der Waals surface area contributed by atoms with Crippen LogP contribution in [0.4, 0.5) is 0 Å². The standard InChI is InChI=1S/C21H33NO3Si/c1-21(2,3)26(4,5)25-15-18-9-7-13-22(18)12-6-8-17-10-11-19-20(14-17)24-16-23-19/h6,8,10-11,14,18H,7,9,12-13,15-16H2,1-5H3/b8-6+/t18-/m0/s1. The van der Waals surface area contributed by atoms with Crippen LogP contribution in [0.2, 0.25) is 18.1 Å². The number of hydrogen-bond donors (Lipinski definition) is 0. The molecule has 4 nitrogen and oxygen atoms in total. The van der Waals surface area contributed by atoms with Crippen LogP contribution < -0.4 is 9.47 Å². The van der Waals surface area contributed by atoms with Gasteiger partial charge in [0.25, 0.3) is 0 Å². The van der Waals surface area contributed by atoms with Crippen LogP contribution in [0.1, 0.15) is 39.2 Å². The zero-order valence-corrected chi connectivity index (χ0v) is 17.9. The quantitative estimate of drug-likeness (QED) is 0.661. The minimum absolute atomic E-state index is 0.274. The molecule has 2 aliphatic rings. The molecule has 0 unspecified atom stereocenters. The van der Waals surface area contributed by atoms with Crippen molar-refractivity contribution in [2.45, 2.75) is 57.8 Å². The van der Waals surface area contributed by atoms with Gasteiger partial charge in [-0.3, -0.25) is 4.90 Å². The number of likely N-dealkylation sites (tertiary alicyclic amines) is 1. The third kappa shape index (κ3) is 4.51. The van der Waals surface area contributed by atoms with Gasteiger partial charge < -0.3 is 13.9 Å². The molecule has 0 bridgehead atoms. The zero-order chi connectivity index (χ0) is 18.8. The highest BCUT2D eigenvalue weighted by Crippen LogP contribution is 2.37. The van der Waals surface area contributed by atoms with Crippen molar-refractivity contribution in [3.05, 3.63) is 29.8 Å². The molecule has 144 valence electrons. The Hall–Kier alpha value is -1.30. The van der Waals surface area contributed by atoms with Crippen LogP contribution in [0, 0.1) is 0 Å². The SMILES string of the molecule is CC(C)(C)[Si](C)(C)OC[C@@H]1CCCN1C/C=C/c1ccc2c(c1)OCO2. The van der Waals surface area contributed by atoms with E-state index in [1.54, 1.807) is 0 Å². The fourth-order valence-electron chi connectivity index (χ4n) is 3.19. The summed E-state index contributed by atoms with van der Waals surface area (Å²) in [6.07, 6.45) is 6.93. The molecule has 0 aliphatic carbocycles. The van der Waals surface area contributed by atoms with E-state index in [4.69, 9.17) is 13.9 Å². The van der Waals surface area contributed by atoms with Gasteiger partial charge in [-0.1, -0.05) is 39.0 Å². The van der Waals surface area contributed by atoms with Crippen molar-refractivity contribution in [2.24, 2.45) is 0 Å². The Morgan fingerprint density at radius 2 is 2.00 bits per heavy atom. The van der Waals surface area contributed by atoms with Crippen molar-refractivity contribution in [3.63, 3.8) is 0 Å². The molecule has 2 heterocycles. The van der Waals surface area contributed by atoms with Crippen LogP contribution in [0.25, 0.3) is 6.08 Å². The van der Waals surface area contributed by atoms with Crippen LogP contribution in [-0.2, 0) is 4.43 Å². The normalized spacial score (nSPS) is 21.0. The zero-order valence-electron chi connectivity index (χ0n) is 16.9. The lowest BCUT2D eigenvalue weighted by Crippen LogP contribution is -2.44. The van der Waals surface area contributed by atoms with Crippen molar-refractivity contribution >= 4 is 14.4 Å². The van der Waals surface area contributed by atoms with E-state index in [0.717, 1.165) is 36.8 Å². The molecule has 1 saturated heterocycles. The average Bonchev–Trinajstić information content (AvgIpc) is 3.20. The van der Waals surface area contributed by atoms with Gasteiger partial charge in [0.15, 0.2) is 19.8 Å². The van der Waals surface area contributed by atoms with Crippen molar-refractivity contribution in [2.75, 3.05) is 26.5 Å². The second kappa shape index (κ2) is 7.75. The van der Waals surface area contributed by atoms with E-state index in [0.29, 0.717) is 12.8 Å². The molecular formula is C21H33NO3Si. The van der Waals surface area contributed by atoms with Crippen LogP contribution in [-0.4, -0.2) is 45.7 Å². The summed E-state index contributed by atoms with van der Waals surface area (Å²) in [5.41, 5.74) is 1.16. The number of rotatable bonds is 6. The Labute approximate surface area is 159 Å². The Bertz CT molecular complexity index is 651. The monoisotopic (exact) mass is 375 g/mol. The number of fused-ring (bicyclic) bond motifs is 1. The summed E-state index contributed by atoms with van der Waals surface area (Å²) in [5.74, 6) is 1.68. The van der Waals surface area contributed by atoms with Gasteiger partial charge >= 0.3 is 0 Å². The van der Waals surface area contributed by atoms with Crippen molar-refractivity contribution < 1.29 is 13.9 Å². The molecule has 1 fully saturated rings. The Morgan fingerprint density at radius 1 is 1.23 bits per heavy atom. The molecule has 0 N–H and O–H groups in total. The van der Waals surface area contributed by atoms with Gasteiger partial charge in [0, 0.05) is 19.2 Å². The molecule has 26 heavy (non-hydrogen) atoms. The summed E-state index contributed by atoms with van der Waals surface area (Å²) in [4.78, 5) is 2.55.